The van der Waals surface area contributed by atoms with Crippen molar-refractivity contribution in [1.29, 1.82) is 0 Å². The van der Waals surface area contributed by atoms with E-state index in [0.29, 0.717) is 133 Å². The Kier molecular flexibility index (Phi) is 52.0. The molecule has 24 nitrogen and oxygen atoms in total. The average molecular weight is 1460 g/mol. The van der Waals surface area contributed by atoms with Gasteiger partial charge in [0.15, 0.2) is 11.6 Å². The van der Waals surface area contributed by atoms with Crippen LogP contribution in [0.1, 0.15) is 129 Å². The van der Waals surface area contributed by atoms with Crippen LogP contribution in [0.5, 0.6) is 0 Å². The zero-order valence-corrected chi connectivity index (χ0v) is 61.1. The number of carbonyl (C=O) groups excluding carboxylic acids is 10. The zero-order chi connectivity index (χ0) is 70.0. The van der Waals surface area contributed by atoms with Gasteiger partial charge in [-0.05, 0) is 134 Å². The number of unbranched alkanes of at least 4 members (excludes halogenated alkanes) is 4. The third-order valence-corrected chi connectivity index (χ3v) is 20.8. The molecule has 3 heterocycles. The van der Waals surface area contributed by atoms with Crippen molar-refractivity contribution < 1.29 is 71.6 Å². The van der Waals surface area contributed by atoms with E-state index in [-0.39, 0.29) is 163 Å². The van der Waals surface area contributed by atoms with Crippen LogP contribution in [0.3, 0.4) is 0 Å². The number of hydrogen-bond acceptors (Lipinski definition) is 24. The van der Waals surface area contributed by atoms with Gasteiger partial charge in [0.1, 0.15) is 39.9 Å². The van der Waals surface area contributed by atoms with E-state index in [0.717, 1.165) is 15.1 Å². The molecule has 0 aliphatic carbocycles. The fourth-order valence-electron chi connectivity index (χ4n) is 9.07. The van der Waals surface area contributed by atoms with Gasteiger partial charge < -0.3 is 60.4 Å². The summed E-state index contributed by atoms with van der Waals surface area (Å²) in [5.41, 5.74) is 0. The van der Waals surface area contributed by atoms with Gasteiger partial charge in [-0.1, -0.05) is 69.8 Å². The van der Waals surface area contributed by atoms with Crippen molar-refractivity contribution in [3.8, 4) is 0 Å². The molecule has 3 atom stereocenters. The summed E-state index contributed by atoms with van der Waals surface area (Å²) in [6.45, 7) is 6.37. The summed E-state index contributed by atoms with van der Waals surface area (Å²) < 4.78 is 27.8. The molecule has 0 radical (unpaired) electrons. The van der Waals surface area contributed by atoms with Gasteiger partial charge in [-0.15, -0.1) is 0 Å². The van der Waals surface area contributed by atoms with Crippen LogP contribution in [0.15, 0.2) is 88.3 Å². The van der Waals surface area contributed by atoms with Gasteiger partial charge in [-0.3, -0.25) is 43.2 Å². The number of rotatable bonds is 63. The molecule has 30 heteroatoms. The summed E-state index contributed by atoms with van der Waals surface area (Å²) in [6, 6.07) is 17.0. The van der Waals surface area contributed by atoms with Crippen molar-refractivity contribution in [2.75, 3.05) is 123 Å². The number of carbonyl (C=O) groups is 10. The molecule has 0 saturated heterocycles. The first kappa shape index (κ1) is 86.1. The van der Waals surface area contributed by atoms with E-state index >= 15 is 0 Å². The van der Waals surface area contributed by atoms with Crippen molar-refractivity contribution in [3.63, 3.8) is 0 Å². The summed E-state index contributed by atoms with van der Waals surface area (Å²) in [4.78, 5) is 140. The number of hydrogen-bond donors (Lipinski definition) is 6. The SMILES string of the molecule is CC(=O)COCCOCCNC(=O)[C@H](CCCCNC(=O)CCSSc1ccccn1)CC(=O)COCCOCCNC(=O)[C@H](CCCCNC(=O)CCSSc1ccccn1)CC(=O)CCCCOCCNC(=O)[C@H](CCCCNC(=O)CCSSc1ccccn1)CC(C)=O. The molecule has 3 rings (SSSR count). The zero-order valence-electron chi connectivity index (χ0n) is 56.2. The van der Waals surface area contributed by atoms with Crippen LogP contribution in [-0.2, 0) is 71.6 Å². The highest BCUT2D eigenvalue weighted by Crippen LogP contribution is 2.31. The van der Waals surface area contributed by atoms with Crippen molar-refractivity contribution in [1.82, 2.24) is 46.9 Å². The molecule has 3 aromatic rings. The lowest BCUT2D eigenvalue weighted by atomic mass is 9.93. The topological polar surface area (TPSA) is 328 Å². The average Bonchev–Trinajstić information content (AvgIpc) is 2.24. The van der Waals surface area contributed by atoms with Crippen molar-refractivity contribution >= 4 is 123 Å². The molecule has 6 N–H and O–H groups in total. The number of nitrogens with one attached hydrogen (secondary N) is 6. The van der Waals surface area contributed by atoms with Crippen LogP contribution in [-0.4, -0.2) is 196 Å². The van der Waals surface area contributed by atoms with Crippen molar-refractivity contribution in [2.24, 2.45) is 17.8 Å². The fraction of sp³-hybridized carbons (Fsp3) is 0.627. The minimum atomic E-state index is -0.631. The molecule has 0 bridgehead atoms. The maximum atomic E-state index is 13.6. The quantitative estimate of drug-likeness (QED) is 0.0228. The molecule has 6 amide bonds. The highest BCUT2D eigenvalue weighted by atomic mass is 33.1. The van der Waals surface area contributed by atoms with E-state index < -0.39 is 17.8 Å². The summed E-state index contributed by atoms with van der Waals surface area (Å²) in [5.74, 6) is -1.27. The number of ether oxygens (including phenoxy) is 5. The molecule has 97 heavy (non-hydrogen) atoms. The Morgan fingerprint density at radius 3 is 1.11 bits per heavy atom. The Labute approximate surface area is 596 Å². The Morgan fingerprint density at radius 2 is 0.732 bits per heavy atom. The normalized spacial score (nSPS) is 12.0. The second kappa shape index (κ2) is 58.6. The van der Waals surface area contributed by atoms with Gasteiger partial charge in [0.25, 0.3) is 0 Å². The largest absolute Gasteiger partial charge is 0.380 e. The summed E-state index contributed by atoms with van der Waals surface area (Å²) >= 11 is 0. The first-order valence-electron chi connectivity index (χ1n) is 33.3. The Balaban J connectivity index is 1.36. The van der Waals surface area contributed by atoms with Crippen molar-refractivity contribution in [3.05, 3.63) is 73.2 Å². The predicted octanol–water partition coefficient (Wildman–Crippen LogP) is 8.46. The molecule has 0 aromatic carbocycles. The standard InChI is InChI=1S/C67H101N9O15S6/c1-52(77)47-54(17-3-10-27-68-59(81)24-44-92-95-62-21-6-13-30-71-62)65(84)74-33-37-87-36-16-9-20-57(79)48-55(18-4-11-28-69-60(82)25-45-93-96-63-22-7-14-31-72-63)66(85)75-34-39-89-41-43-91-51-58(80)49-56(67(86)76-35-38-88-40-42-90-50-53(2)78)19-5-12-29-70-61(83)26-46-94-97-64-23-8-15-32-73-64/h6-8,13-15,21-23,30-32,54-56H,3-5,9-12,16-20,24-29,33-51H2,1-2H3,(H,68,81)(H,69,82)(H,70,83)(H,74,84)(H,75,85)(H,76,86)/t54-,55-,56-/m1/s1. The van der Waals surface area contributed by atoms with Crippen LogP contribution < -0.4 is 31.9 Å². The van der Waals surface area contributed by atoms with Crippen LogP contribution >= 0.6 is 64.8 Å². The lowest BCUT2D eigenvalue weighted by molar-refractivity contribution is -0.132. The third kappa shape index (κ3) is 49.1. The van der Waals surface area contributed by atoms with Gasteiger partial charge in [0.05, 0.1) is 46.2 Å². The predicted molar refractivity (Wildman–Crippen MR) is 385 cm³/mol. The van der Waals surface area contributed by atoms with Gasteiger partial charge in [-0.2, -0.15) is 0 Å². The monoisotopic (exact) mass is 1460 g/mol. The Bertz CT molecular complexity index is 2690. The molecule has 0 spiro atoms. The van der Waals surface area contributed by atoms with E-state index in [4.69, 9.17) is 23.7 Å². The minimum absolute atomic E-state index is 0.00309. The number of ketones is 4. The smallest absolute Gasteiger partial charge is 0.223 e. The number of amides is 6. The Morgan fingerprint density at radius 1 is 0.361 bits per heavy atom. The van der Waals surface area contributed by atoms with Gasteiger partial charge >= 0.3 is 0 Å². The molecular weight excluding hydrogens is 1360 g/mol. The number of Topliss-reactive ketones (excluding diaryl/α,β-unsaturated/α-hetero) is 4. The van der Waals surface area contributed by atoms with Gasteiger partial charge in [-0.25, -0.2) is 15.0 Å². The molecule has 0 saturated carbocycles. The first-order chi connectivity index (χ1) is 47.2. The van der Waals surface area contributed by atoms with E-state index in [1.54, 1.807) is 51.0 Å². The first-order valence-corrected chi connectivity index (χ1v) is 40.3. The van der Waals surface area contributed by atoms with Gasteiger partial charge in [0.2, 0.25) is 35.4 Å². The number of aromatic nitrogens is 3. The molecular formula is C67H101N9O15S6. The summed E-state index contributed by atoms with van der Waals surface area (Å²) in [7, 11) is 9.24. The van der Waals surface area contributed by atoms with Crippen molar-refractivity contribution in [2.45, 2.75) is 145 Å². The lowest BCUT2D eigenvalue weighted by Crippen LogP contribution is -2.35. The third-order valence-electron chi connectivity index (χ3n) is 14.0. The summed E-state index contributed by atoms with van der Waals surface area (Å²) in [6.07, 6.45) is 12.9. The molecule has 3 aromatic heterocycles. The Hall–Kier alpha value is -5.15. The molecule has 0 unspecified atom stereocenters. The fourth-order valence-corrected chi connectivity index (χ4v) is 14.7. The highest BCUT2D eigenvalue weighted by Gasteiger charge is 2.24. The van der Waals surface area contributed by atoms with E-state index in [9.17, 15) is 47.9 Å². The molecule has 0 aliphatic rings. The van der Waals surface area contributed by atoms with E-state index in [1.165, 1.54) is 46.2 Å². The summed E-state index contributed by atoms with van der Waals surface area (Å²) in [5, 5.41) is 20.1. The van der Waals surface area contributed by atoms with E-state index in [1.807, 2.05) is 54.6 Å². The van der Waals surface area contributed by atoms with Crippen LogP contribution in [0.25, 0.3) is 0 Å². The maximum Gasteiger partial charge on any atom is 0.223 e. The highest BCUT2D eigenvalue weighted by molar-refractivity contribution is 8.77. The second-order valence-electron chi connectivity index (χ2n) is 22.5. The molecule has 0 fully saturated rings. The number of pyridine rings is 3. The van der Waals surface area contributed by atoms with Crippen LogP contribution in [0.4, 0.5) is 0 Å². The minimum Gasteiger partial charge on any atom is -0.380 e. The van der Waals surface area contributed by atoms with E-state index in [2.05, 4.69) is 46.9 Å². The number of nitrogens with zero attached hydrogens (tertiary/aromatic N) is 3. The molecule has 540 valence electrons. The lowest BCUT2D eigenvalue weighted by Gasteiger charge is -2.17. The van der Waals surface area contributed by atoms with Gasteiger partial charge in [0, 0.05) is 144 Å². The van der Waals surface area contributed by atoms with Crippen LogP contribution in [0.2, 0.25) is 0 Å². The maximum absolute atomic E-state index is 13.6. The second-order valence-corrected chi connectivity index (χ2v) is 29.8. The molecule has 0 aliphatic heterocycles. The van der Waals surface area contributed by atoms with Crippen LogP contribution in [0, 0.1) is 17.8 Å².